The zero-order valence-electron chi connectivity index (χ0n) is 25.1. The molecule has 3 heterocycles. The smallest absolute Gasteiger partial charge is 0.317 e. The van der Waals surface area contributed by atoms with Gasteiger partial charge in [-0.1, -0.05) is 50.6 Å². The number of rotatable bonds is 7. The van der Waals surface area contributed by atoms with E-state index in [0.717, 1.165) is 54.1 Å². The van der Waals surface area contributed by atoms with E-state index in [2.05, 4.69) is 41.7 Å². The van der Waals surface area contributed by atoms with Crippen LogP contribution in [0.25, 0.3) is 5.69 Å². The van der Waals surface area contributed by atoms with Crippen molar-refractivity contribution in [3.05, 3.63) is 101 Å². The van der Waals surface area contributed by atoms with Crippen molar-refractivity contribution in [2.75, 3.05) is 23.7 Å². The lowest BCUT2D eigenvalue weighted by atomic mass is 9.76. The number of anilines is 2. The average Bonchev–Trinajstić information content (AvgIpc) is 3.39. The average molecular weight is 565 g/mol. The summed E-state index contributed by atoms with van der Waals surface area (Å²) in [5.74, 6) is 0.525. The Morgan fingerprint density at radius 2 is 1.69 bits per heavy atom. The number of benzene rings is 2. The van der Waals surface area contributed by atoms with E-state index in [1.165, 1.54) is 0 Å². The summed E-state index contributed by atoms with van der Waals surface area (Å²) < 4.78 is 1.76. The number of carbonyl (C=O) groups is 2. The molecular weight excluding hydrogens is 524 g/mol. The molecule has 8 nitrogen and oxygen atoms in total. The molecule has 8 heteroatoms. The number of nitrogens with zero attached hydrogens (tertiary/aromatic N) is 3. The van der Waals surface area contributed by atoms with Crippen LogP contribution in [-0.4, -0.2) is 39.7 Å². The molecule has 1 aliphatic heterocycles. The number of amides is 2. The molecule has 0 saturated carbocycles. The summed E-state index contributed by atoms with van der Waals surface area (Å²) in [6, 6.07) is 20.9. The lowest BCUT2D eigenvalue weighted by molar-refractivity contribution is 0.0915. The van der Waals surface area contributed by atoms with E-state index in [0.29, 0.717) is 17.1 Å². The van der Waals surface area contributed by atoms with E-state index in [4.69, 9.17) is 5.10 Å². The van der Waals surface area contributed by atoms with Crippen LogP contribution in [0, 0.1) is 19.8 Å². The number of piperidine rings is 1. The van der Waals surface area contributed by atoms with E-state index in [-0.39, 0.29) is 29.1 Å². The lowest BCUT2D eigenvalue weighted by Crippen LogP contribution is -2.34. The van der Waals surface area contributed by atoms with Crippen molar-refractivity contribution in [2.24, 2.45) is 5.92 Å². The fourth-order valence-corrected chi connectivity index (χ4v) is 5.54. The number of carbonyl (C=O) groups excluding carboxylic acids is 2. The number of hydrogen-bond donors (Lipinski definition) is 3. The van der Waals surface area contributed by atoms with Gasteiger partial charge < -0.3 is 10.6 Å². The molecule has 3 N–H and O–H groups in total. The van der Waals surface area contributed by atoms with Gasteiger partial charge in [0.05, 0.1) is 17.3 Å². The number of Topliss-reactive ketones (excluding diaryl/α,β-unsaturated/α-hetero) is 1. The number of ketones is 1. The van der Waals surface area contributed by atoms with Crippen molar-refractivity contribution in [1.82, 2.24) is 20.1 Å². The Hall–Kier alpha value is -4.30. The molecule has 0 bridgehead atoms. The fraction of sp³-hybridized carbons (Fsp3) is 0.353. The molecular formula is C34H40N6O2. The Morgan fingerprint density at radius 3 is 2.38 bits per heavy atom. The van der Waals surface area contributed by atoms with Gasteiger partial charge in [0.25, 0.3) is 0 Å². The van der Waals surface area contributed by atoms with Crippen LogP contribution in [0.3, 0.4) is 0 Å². The predicted molar refractivity (Wildman–Crippen MR) is 168 cm³/mol. The van der Waals surface area contributed by atoms with E-state index in [9.17, 15) is 9.59 Å². The molecule has 1 aliphatic rings. The van der Waals surface area contributed by atoms with Crippen LogP contribution in [0.4, 0.5) is 16.3 Å². The Labute approximate surface area is 248 Å². The first-order chi connectivity index (χ1) is 20.1. The highest BCUT2D eigenvalue weighted by Gasteiger charge is 2.32. The molecule has 5 rings (SSSR count). The molecule has 2 aromatic heterocycles. The molecule has 1 atom stereocenters. The van der Waals surface area contributed by atoms with E-state index < -0.39 is 0 Å². The number of aryl methyl sites for hydroxylation is 2. The van der Waals surface area contributed by atoms with E-state index >= 15 is 0 Å². The van der Waals surface area contributed by atoms with Crippen molar-refractivity contribution >= 4 is 23.3 Å². The van der Waals surface area contributed by atoms with E-state index in [1.807, 2.05) is 80.6 Å². The van der Waals surface area contributed by atoms with Crippen molar-refractivity contribution in [3.8, 4) is 5.69 Å². The Kier molecular flexibility index (Phi) is 8.54. The van der Waals surface area contributed by atoms with Crippen LogP contribution < -0.4 is 16.0 Å². The molecule has 1 unspecified atom stereocenters. The number of aromatic nitrogens is 3. The van der Waals surface area contributed by atoms with Crippen molar-refractivity contribution in [1.29, 1.82) is 0 Å². The molecule has 2 aromatic carbocycles. The van der Waals surface area contributed by atoms with Crippen molar-refractivity contribution in [3.63, 3.8) is 0 Å². The van der Waals surface area contributed by atoms with Gasteiger partial charge in [-0.2, -0.15) is 5.10 Å². The standard InChI is InChI=1S/C34H40N6O2/c1-22-11-13-27(14-12-22)40-30(21-29(39-40)34(3,4)5)38-33(42)37-26-9-6-8-25(20-26)31(24-15-18-35-19-16-24)32(41)28-10-7-17-36-23(28)2/h6-14,17,20-21,24,31,35H,15-16,18-19H2,1-5H3,(H2,37,38,42). The van der Waals surface area contributed by atoms with Crippen LogP contribution in [0.2, 0.25) is 0 Å². The largest absolute Gasteiger partial charge is 0.324 e. The highest BCUT2D eigenvalue weighted by atomic mass is 16.2. The normalized spacial score (nSPS) is 14.8. The maximum atomic E-state index is 13.9. The second-order valence-electron chi connectivity index (χ2n) is 12.2. The van der Waals surface area contributed by atoms with Crippen LogP contribution in [0.15, 0.2) is 72.9 Å². The van der Waals surface area contributed by atoms with Gasteiger partial charge in [0.1, 0.15) is 5.82 Å². The summed E-state index contributed by atoms with van der Waals surface area (Å²) >= 11 is 0. The van der Waals surface area contributed by atoms with Crippen LogP contribution in [0.5, 0.6) is 0 Å². The summed E-state index contributed by atoms with van der Waals surface area (Å²) in [7, 11) is 0. The first-order valence-electron chi connectivity index (χ1n) is 14.6. The number of urea groups is 1. The third-order valence-corrected chi connectivity index (χ3v) is 7.91. The molecule has 2 amide bonds. The minimum Gasteiger partial charge on any atom is -0.317 e. The Morgan fingerprint density at radius 1 is 0.952 bits per heavy atom. The topological polar surface area (TPSA) is 101 Å². The molecule has 1 saturated heterocycles. The first-order valence-corrected chi connectivity index (χ1v) is 14.6. The van der Waals surface area contributed by atoms with Crippen molar-refractivity contribution < 1.29 is 9.59 Å². The molecule has 1 fully saturated rings. The van der Waals surface area contributed by atoms with Gasteiger partial charge in [0.15, 0.2) is 5.78 Å². The first kappa shape index (κ1) is 29.2. The molecule has 42 heavy (non-hydrogen) atoms. The summed E-state index contributed by atoms with van der Waals surface area (Å²) in [5.41, 5.74) is 5.58. The summed E-state index contributed by atoms with van der Waals surface area (Å²) in [6.07, 6.45) is 3.53. The third kappa shape index (κ3) is 6.60. The third-order valence-electron chi connectivity index (χ3n) is 7.91. The fourth-order valence-electron chi connectivity index (χ4n) is 5.54. The maximum absolute atomic E-state index is 13.9. The second kappa shape index (κ2) is 12.3. The number of nitrogens with one attached hydrogen (secondary N) is 3. The van der Waals surface area contributed by atoms with Gasteiger partial charge >= 0.3 is 6.03 Å². The minimum absolute atomic E-state index is 0.0748. The quantitative estimate of drug-likeness (QED) is 0.215. The van der Waals surface area contributed by atoms with Gasteiger partial charge in [0, 0.05) is 34.6 Å². The molecule has 218 valence electrons. The zero-order valence-corrected chi connectivity index (χ0v) is 25.1. The molecule has 0 aliphatic carbocycles. The van der Waals surface area contributed by atoms with Crippen LogP contribution in [0.1, 0.15) is 72.4 Å². The Balaban J connectivity index is 1.41. The maximum Gasteiger partial charge on any atom is 0.324 e. The predicted octanol–water partition coefficient (Wildman–Crippen LogP) is 6.79. The second-order valence-corrected chi connectivity index (χ2v) is 12.2. The van der Waals surface area contributed by atoms with E-state index in [1.54, 1.807) is 10.9 Å². The lowest BCUT2D eigenvalue weighted by Gasteiger charge is -2.30. The van der Waals surface area contributed by atoms with Gasteiger partial charge in [-0.15, -0.1) is 0 Å². The number of pyridine rings is 1. The Bertz CT molecular complexity index is 1560. The van der Waals surface area contributed by atoms with Gasteiger partial charge in [-0.3, -0.25) is 15.1 Å². The highest BCUT2D eigenvalue weighted by molar-refractivity contribution is 6.03. The summed E-state index contributed by atoms with van der Waals surface area (Å²) in [5, 5.41) is 14.2. The van der Waals surface area contributed by atoms with Crippen LogP contribution >= 0.6 is 0 Å². The van der Waals surface area contributed by atoms with Gasteiger partial charge in [0.2, 0.25) is 0 Å². The summed E-state index contributed by atoms with van der Waals surface area (Å²) in [6.45, 7) is 12.0. The van der Waals surface area contributed by atoms with Crippen LogP contribution in [-0.2, 0) is 5.41 Å². The summed E-state index contributed by atoms with van der Waals surface area (Å²) in [4.78, 5) is 31.6. The monoisotopic (exact) mass is 564 g/mol. The zero-order chi connectivity index (χ0) is 29.9. The van der Waals surface area contributed by atoms with Crippen molar-refractivity contribution in [2.45, 2.75) is 58.8 Å². The molecule has 0 radical (unpaired) electrons. The molecule has 0 spiro atoms. The number of hydrogen-bond acceptors (Lipinski definition) is 5. The minimum atomic E-state index is -0.381. The SMILES string of the molecule is Cc1ccc(-n2nc(C(C)(C)C)cc2NC(=O)Nc2cccc(C(C(=O)c3cccnc3C)C3CCNCC3)c2)cc1. The van der Waals surface area contributed by atoms with Gasteiger partial charge in [-0.05, 0) is 87.7 Å². The highest BCUT2D eigenvalue weighted by Crippen LogP contribution is 2.36. The van der Waals surface area contributed by atoms with Gasteiger partial charge in [-0.25, -0.2) is 9.48 Å². The molecule has 4 aromatic rings.